The van der Waals surface area contributed by atoms with Gasteiger partial charge in [0, 0.05) is 25.2 Å². The maximum absolute atomic E-state index is 5.58. The lowest BCUT2D eigenvalue weighted by Gasteiger charge is -2.13. The van der Waals surface area contributed by atoms with Crippen LogP contribution in [-0.4, -0.2) is 16.9 Å². The van der Waals surface area contributed by atoms with Crippen LogP contribution in [0.3, 0.4) is 0 Å². The van der Waals surface area contributed by atoms with Gasteiger partial charge in [0.15, 0.2) is 0 Å². The molecular formula is C15H23N3O2. The first kappa shape index (κ1) is 14.7. The molecule has 0 aliphatic carbocycles. The van der Waals surface area contributed by atoms with Crippen molar-refractivity contribution in [3.63, 3.8) is 0 Å². The van der Waals surface area contributed by atoms with E-state index in [4.69, 9.17) is 9.15 Å². The van der Waals surface area contributed by atoms with Crippen LogP contribution in [0.2, 0.25) is 0 Å². The average molecular weight is 277 g/mol. The lowest BCUT2D eigenvalue weighted by Crippen LogP contribution is -2.19. The van der Waals surface area contributed by atoms with E-state index in [1.807, 2.05) is 27.8 Å². The maximum atomic E-state index is 5.58. The fourth-order valence-corrected chi connectivity index (χ4v) is 2.59. The highest BCUT2D eigenvalue weighted by Crippen LogP contribution is 2.24. The van der Waals surface area contributed by atoms with Crippen molar-refractivity contribution >= 4 is 0 Å². The van der Waals surface area contributed by atoms with E-state index in [1.165, 1.54) is 5.56 Å². The summed E-state index contributed by atoms with van der Waals surface area (Å²) >= 11 is 0. The molecule has 0 spiro atoms. The second kappa shape index (κ2) is 5.71. The Balaban J connectivity index is 2.11. The standard InChI is InChI=1S/C15H23N3O2/c1-9-7-13(12(4)20-9)10(2)16-8-14-11(3)17-18(5)15(14)19-6/h7,10,16H,8H2,1-6H3/t10-/m0/s1. The Bertz CT molecular complexity index is 599. The summed E-state index contributed by atoms with van der Waals surface area (Å²) in [6, 6.07) is 2.30. The number of nitrogens with zero attached hydrogens (tertiary/aromatic N) is 2. The number of methoxy groups -OCH3 is 1. The highest BCUT2D eigenvalue weighted by molar-refractivity contribution is 5.31. The minimum atomic E-state index is 0.219. The summed E-state index contributed by atoms with van der Waals surface area (Å²) in [6.45, 7) is 8.81. The molecule has 0 saturated heterocycles. The largest absolute Gasteiger partial charge is 0.481 e. The van der Waals surface area contributed by atoms with Gasteiger partial charge in [-0.25, -0.2) is 4.68 Å². The first-order valence-electron chi connectivity index (χ1n) is 6.80. The molecule has 0 aliphatic rings. The molecule has 2 heterocycles. The zero-order chi connectivity index (χ0) is 14.9. The Morgan fingerprint density at radius 3 is 2.65 bits per heavy atom. The number of aryl methyl sites for hydroxylation is 4. The Hall–Kier alpha value is -1.75. The zero-order valence-corrected chi connectivity index (χ0v) is 13.1. The summed E-state index contributed by atoms with van der Waals surface area (Å²) < 4.78 is 12.8. The molecule has 0 radical (unpaired) electrons. The van der Waals surface area contributed by atoms with Gasteiger partial charge in [-0.05, 0) is 33.8 Å². The van der Waals surface area contributed by atoms with Crippen molar-refractivity contribution < 1.29 is 9.15 Å². The van der Waals surface area contributed by atoms with Gasteiger partial charge in [0.25, 0.3) is 0 Å². The number of rotatable bonds is 5. The molecule has 0 aromatic carbocycles. The normalized spacial score (nSPS) is 12.7. The minimum Gasteiger partial charge on any atom is -0.481 e. The van der Waals surface area contributed by atoms with Crippen LogP contribution in [0, 0.1) is 20.8 Å². The average Bonchev–Trinajstić information content (AvgIpc) is 2.85. The summed E-state index contributed by atoms with van der Waals surface area (Å²) in [4.78, 5) is 0. The number of furan rings is 1. The van der Waals surface area contributed by atoms with E-state index < -0.39 is 0 Å². The molecule has 2 aromatic heterocycles. The van der Waals surface area contributed by atoms with E-state index in [9.17, 15) is 0 Å². The van der Waals surface area contributed by atoms with Crippen molar-refractivity contribution in [1.29, 1.82) is 0 Å². The van der Waals surface area contributed by atoms with Crippen LogP contribution in [0.1, 0.15) is 41.3 Å². The number of hydrogen-bond donors (Lipinski definition) is 1. The Morgan fingerprint density at radius 1 is 1.40 bits per heavy atom. The van der Waals surface area contributed by atoms with E-state index in [1.54, 1.807) is 11.8 Å². The molecule has 20 heavy (non-hydrogen) atoms. The first-order valence-corrected chi connectivity index (χ1v) is 6.80. The zero-order valence-electron chi connectivity index (χ0n) is 13.1. The van der Waals surface area contributed by atoms with Gasteiger partial charge < -0.3 is 14.5 Å². The molecule has 2 aromatic rings. The van der Waals surface area contributed by atoms with Gasteiger partial charge in [-0.15, -0.1) is 0 Å². The lowest BCUT2D eigenvalue weighted by atomic mass is 10.1. The van der Waals surface area contributed by atoms with Crippen LogP contribution in [0.25, 0.3) is 0 Å². The predicted octanol–water partition coefficient (Wildman–Crippen LogP) is 2.80. The maximum Gasteiger partial charge on any atom is 0.216 e. The first-order chi connectivity index (χ1) is 9.43. The molecule has 0 amide bonds. The van der Waals surface area contributed by atoms with Crippen molar-refractivity contribution in [3.8, 4) is 5.88 Å². The molecule has 5 heteroatoms. The topological polar surface area (TPSA) is 52.2 Å². The van der Waals surface area contributed by atoms with Crippen LogP contribution in [0.5, 0.6) is 5.88 Å². The molecule has 0 bridgehead atoms. The Labute approximate surface area is 119 Å². The van der Waals surface area contributed by atoms with Gasteiger partial charge in [-0.1, -0.05) is 0 Å². The third-order valence-corrected chi connectivity index (χ3v) is 3.61. The summed E-state index contributed by atoms with van der Waals surface area (Å²) in [5.41, 5.74) is 3.28. The fourth-order valence-electron chi connectivity index (χ4n) is 2.59. The summed E-state index contributed by atoms with van der Waals surface area (Å²) in [5, 5.41) is 7.89. The van der Waals surface area contributed by atoms with Crippen LogP contribution in [-0.2, 0) is 13.6 Å². The Morgan fingerprint density at radius 2 is 2.10 bits per heavy atom. The molecule has 0 unspecified atom stereocenters. The van der Waals surface area contributed by atoms with Gasteiger partial charge in [-0.3, -0.25) is 0 Å². The van der Waals surface area contributed by atoms with Crippen LogP contribution in [0.4, 0.5) is 0 Å². The highest BCUT2D eigenvalue weighted by Gasteiger charge is 2.17. The number of hydrogen-bond acceptors (Lipinski definition) is 4. The number of aromatic nitrogens is 2. The molecule has 1 atom stereocenters. The number of nitrogens with one attached hydrogen (secondary N) is 1. The third kappa shape index (κ3) is 2.72. The van der Waals surface area contributed by atoms with Gasteiger partial charge in [0.2, 0.25) is 5.88 Å². The van der Waals surface area contributed by atoms with Crippen molar-refractivity contribution in [2.75, 3.05) is 7.11 Å². The second-order valence-electron chi connectivity index (χ2n) is 5.17. The van der Waals surface area contributed by atoms with Crippen molar-refractivity contribution in [2.24, 2.45) is 7.05 Å². The quantitative estimate of drug-likeness (QED) is 0.913. The molecule has 110 valence electrons. The highest BCUT2D eigenvalue weighted by atomic mass is 16.5. The molecule has 0 saturated carbocycles. The fraction of sp³-hybridized carbons (Fsp3) is 0.533. The van der Waals surface area contributed by atoms with Gasteiger partial charge in [0.05, 0.1) is 18.4 Å². The molecule has 5 nitrogen and oxygen atoms in total. The van der Waals surface area contributed by atoms with E-state index in [-0.39, 0.29) is 6.04 Å². The molecule has 2 rings (SSSR count). The molecular weight excluding hydrogens is 254 g/mol. The number of ether oxygens (including phenoxy) is 1. The van der Waals surface area contributed by atoms with Gasteiger partial charge >= 0.3 is 0 Å². The summed E-state index contributed by atoms with van der Waals surface area (Å²) in [7, 11) is 3.56. The van der Waals surface area contributed by atoms with Crippen molar-refractivity contribution in [1.82, 2.24) is 15.1 Å². The van der Waals surface area contributed by atoms with Crippen LogP contribution >= 0.6 is 0 Å². The minimum absolute atomic E-state index is 0.219. The Kier molecular flexibility index (Phi) is 4.18. The van der Waals surface area contributed by atoms with E-state index in [2.05, 4.69) is 23.4 Å². The van der Waals surface area contributed by atoms with Crippen molar-refractivity contribution in [3.05, 3.63) is 34.4 Å². The third-order valence-electron chi connectivity index (χ3n) is 3.61. The second-order valence-corrected chi connectivity index (χ2v) is 5.17. The van der Waals surface area contributed by atoms with Gasteiger partial charge in [-0.2, -0.15) is 5.10 Å². The SMILES string of the molecule is COc1c(CN[C@@H](C)c2cc(C)oc2C)c(C)nn1C. The smallest absolute Gasteiger partial charge is 0.216 e. The van der Waals surface area contributed by atoms with Gasteiger partial charge in [0.1, 0.15) is 11.5 Å². The van der Waals surface area contributed by atoms with Crippen LogP contribution < -0.4 is 10.1 Å². The molecule has 0 fully saturated rings. The van der Waals surface area contributed by atoms with E-state index >= 15 is 0 Å². The molecule has 1 N–H and O–H groups in total. The van der Waals surface area contributed by atoms with Crippen molar-refractivity contribution in [2.45, 2.75) is 40.3 Å². The summed E-state index contributed by atoms with van der Waals surface area (Å²) in [6.07, 6.45) is 0. The van der Waals surface area contributed by atoms with Crippen LogP contribution in [0.15, 0.2) is 10.5 Å². The predicted molar refractivity (Wildman–Crippen MR) is 77.9 cm³/mol. The summed E-state index contributed by atoms with van der Waals surface area (Å²) in [5.74, 6) is 2.72. The molecule has 0 aliphatic heterocycles. The lowest BCUT2D eigenvalue weighted by molar-refractivity contribution is 0.367. The monoisotopic (exact) mass is 277 g/mol. The van der Waals surface area contributed by atoms with E-state index in [0.29, 0.717) is 6.54 Å². The van der Waals surface area contributed by atoms with E-state index in [0.717, 1.165) is 28.7 Å².